The second-order valence-corrected chi connectivity index (χ2v) is 7.43. The largest absolute Gasteiger partial charge is 0.326 e. The molecule has 2 amide bonds. The van der Waals surface area contributed by atoms with Crippen LogP contribution in [0.1, 0.15) is 54.9 Å². The van der Waals surface area contributed by atoms with Crippen molar-refractivity contribution >= 4 is 34.8 Å². The molecule has 1 aliphatic rings. The van der Waals surface area contributed by atoms with Crippen molar-refractivity contribution in [3.05, 3.63) is 64.7 Å². The average molecular weight is 398 g/mol. The highest BCUT2D eigenvalue weighted by molar-refractivity contribution is 6.33. The molecule has 0 spiro atoms. The first-order valence-corrected chi connectivity index (χ1v) is 9.93. The quantitative estimate of drug-likeness (QED) is 0.549. The number of amides is 2. The van der Waals surface area contributed by atoms with Gasteiger partial charge in [0.2, 0.25) is 5.91 Å². The number of halogens is 1. The van der Waals surface area contributed by atoms with Gasteiger partial charge in [0.15, 0.2) is 0 Å². The van der Waals surface area contributed by atoms with Crippen LogP contribution < -0.4 is 10.7 Å². The maximum atomic E-state index is 12.3. The van der Waals surface area contributed by atoms with Crippen LogP contribution in [0.5, 0.6) is 0 Å². The molecule has 2 N–H and O–H groups in total. The van der Waals surface area contributed by atoms with Gasteiger partial charge in [0.25, 0.3) is 5.91 Å². The summed E-state index contributed by atoms with van der Waals surface area (Å²) in [6, 6.07) is 14.3. The second kappa shape index (κ2) is 9.51. The van der Waals surface area contributed by atoms with Crippen molar-refractivity contribution in [3.8, 4) is 0 Å². The number of carbonyl (C=O) groups is 2. The fourth-order valence-electron chi connectivity index (χ4n) is 3.31. The van der Waals surface area contributed by atoms with Crippen molar-refractivity contribution in [1.82, 2.24) is 5.43 Å². The molecule has 0 saturated heterocycles. The van der Waals surface area contributed by atoms with Gasteiger partial charge in [0.05, 0.1) is 16.3 Å². The highest BCUT2D eigenvalue weighted by Gasteiger charge is 2.21. The number of hydrogen-bond acceptors (Lipinski definition) is 3. The van der Waals surface area contributed by atoms with E-state index in [0.29, 0.717) is 16.3 Å². The van der Waals surface area contributed by atoms with Gasteiger partial charge >= 0.3 is 0 Å². The average Bonchev–Trinajstić information content (AvgIpc) is 2.73. The lowest BCUT2D eigenvalue weighted by Crippen LogP contribution is -2.24. The topological polar surface area (TPSA) is 70.6 Å². The van der Waals surface area contributed by atoms with E-state index in [-0.39, 0.29) is 17.7 Å². The van der Waals surface area contributed by atoms with E-state index in [1.54, 1.807) is 24.3 Å². The van der Waals surface area contributed by atoms with Crippen LogP contribution in [0.2, 0.25) is 5.02 Å². The molecule has 0 radical (unpaired) electrons. The summed E-state index contributed by atoms with van der Waals surface area (Å²) in [5.74, 6) is -0.136. The van der Waals surface area contributed by atoms with E-state index in [1.165, 1.54) is 6.42 Å². The molecule has 1 aliphatic carbocycles. The molecule has 2 aromatic carbocycles. The molecule has 28 heavy (non-hydrogen) atoms. The Morgan fingerprint density at radius 3 is 2.36 bits per heavy atom. The maximum absolute atomic E-state index is 12.3. The number of benzene rings is 2. The predicted molar refractivity (Wildman–Crippen MR) is 113 cm³/mol. The van der Waals surface area contributed by atoms with Crippen LogP contribution in [-0.4, -0.2) is 17.5 Å². The van der Waals surface area contributed by atoms with E-state index in [4.69, 9.17) is 11.6 Å². The highest BCUT2D eigenvalue weighted by Crippen LogP contribution is 2.25. The standard InChI is InChI=1S/C22H24ClN3O2/c1-15(25-26-22(28)19-9-5-6-10-20(19)23)16-11-13-18(14-12-16)24-21(27)17-7-3-2-4-8-17/h5-6,9-14,17H,2-4,7-8H2,1H3,(H,24,27)(H,26,28). The third-order valence-electron chi connectivity index (χ3n) is 4.99. The van der Waals surface area contributed by atoms with Crippen LogP contribution in [0.15, 0.2) is 53.6 Å². The molecule has 5 nitrogen and oxygen atoms in total. The van der Waals surface area contributed by atoms with E-state index in [2.05, 4.69) is 15.8 Å². The number of rotatable bonds is 5. The zero-order chi connectivity index (χ0) is 19.9. The first-order valence-electron chi connectivity index (χ1n) is 9.55. The van der Waals surface area contributed by atoms with Crippen molar-refractivity contribution < 1.29 is 9.59 Å². The third-order valence-corrected chi connectivity index (χ3v) is 5.32. The molecule has 1 saturated carbocycles. The molecular formula is C22H24ClN3O2. The molecular weight excluding hydrogens is 374 g/mol. The van der Waals surface area contributed by atoms with Crippen molar-refractivity contribution in [1.29, 1.82) is 0 Å². The van der Waals surface area contributed by atoms with E-state index >= 15 is 0 Å². The van der Waals surface area contributed by atoms with Crippen LogP contribution >= 0.6 is 11.6 Å². The van der Waals surface area contributed by atoms with E-state index in [1.807, 2.05) is 31.2 Å². The van der Waals surface area contributed by atoms with Gasteiger partial charge in [-0.25, -0.2) is 5.43 Å². The van der Waals surface area contributed by atoms with Gasteiger partial charge in [-0.2, -0.15) is 5.10 Å². The van der Waals surface area contributed by atoms with Crippen LogP contribution in [0.3, 0.4) is 0 Å². The van der Waals surface area contributed by atoms with Gasteiger partial charge in [-0.05, 0) is 49.6 Å². The minimum absolute atomic E-state index is 0.102. The number of carbonyl (C=O) groups excluding carboxylic acids is 2. The van der Waals surface area contributed by atoms with Gasteiger partial charge in [-0.1, -0.05) is 55.1 Å². The number of nitrogens with zero attached hydrogens (tertiary/aromatic N) is 1. The summed E-state index contributed by atoms with van der Waals surface area (Å²) in [6.07, 6.45) is 5.44. The maximum Gasteiger partial charge on any atom is 0.272 e. The molecule has 0 heterocycles. The smallest absolute Gasteiger partial charge is 0.272 e. The molecule has 1 fully saturated rings. The molecule has 2 aromatic rings. The normalized spacial score (nSPS) is 15.1. The molecule has 0 atom stereocenters. The van der Waals surface area contributed by atoms with Gasteiger partial charge in [0.1, 0.15) is 0 Å². The summed E-state index contributed by atoms with van der Waals surface area (Å²) in [5.41, 5.74) is 5.18. The summed E-state index contributed by atoms with van der Waals surface area (Å²) >= 11 is 6.02. The molecule has 0 bridgehead atoms. The Kier molecular flexibility index (Phi) is 6.82. The first kappa shape index (κ1) is 20.1. The second-order valence-electron chi connectivity index (χ2n) is 7.02. The minimum atomic E-state index is -0.360. The SMILES string of the molecule is CC(=NNC(=O)c1ccccc1Cl)c1ccc(NC(=O)C2CCCCC2)cc1. The van der Waals surface area contributed by atoms with Crippen LogP contribution in [0.25, 0.3) is 0 Å². The summed E-state index contributed by atoms with van der Waals surface area (Å²) < 4.78 is 0. The lowest BCUT2D eigenvalue weighted by Gasteiger charge is -2.20. The zero-order valence-corrected chi connectivity index (χ0v) is 16.6. The third kappa shape index (κ3) is 5.20. The Labute approximate surface area is 170 Å². The summed E-state index contributed by atoms with van der Waals surface area (Å²) in [5, 5.41) is 7.52. The fraction of sp³-hybridized carbons (Fsp3) is 0.318. The lowest BCUT2D eigenvalue weighted by molar-refractivity contribution is -0.120. The van der Waals surface area contributed by atoms with Crippen molar-refractivity contribution in [3.63, 3.8) is 0 Å². The van der Waals surface area contributed by atoms with Gasteiger partial charge < -0.3 is 5.32 Å². The van der Waals surface area contributed by atoms with Crippen LogP contribution in [0, 0.1) is 5.92 Å². The van der Waals surface area contributed by atoms with E-state index in [9.17, 15) is 9.59 Å². The Morgan fingerprint density at radius 2 is 1.68 bits per heavy atom. The number of anilines is 1. The Morgan fingerprint density at radius 1 is 1.00 bits per heavy atom. The summed E-state index contributed by atoms with van der Waals surface area (Å²) in [4.78, 5) is 24.5. The summed E-state index contributed by atoms with van der Waals surface area (Å²) in [7, 11) is 0. The number of hydrogen-bond donors (Lipinski definition) is 2. The first-order chi connectivity index (χ1) is 13.5. The zero-order valence-electron chi connectivity index (χ0n) is 15.9. The Hall–Kier alpha value is -2.66. The molecule has 0 aromatic heterocycles. The van der Waals surface area contributed by atoms with E-state index < -0.39 is 0 Å². The minimum Gasteiger partial charge on any atom is -0.326 e. The van der Waals surface area contributed by atoms with Crippen molar-refractivity contribution in [2.45, 2.75) is 39.0 Å². The van der Waals surface area contributed by atoms with Crippen molar-refractivity contribution in [2.24, 2.45) is 11.0 Å². The van der Waals surface area contributed by atoms with Gasteiger partial charge in [-0.15, -0.1) is 0 Å². The number of nitrogens with one attached hydrogen (secondary N) is 2. The monoisotopic (exact) mass is 397 g/mol. The molecule has 6 heteroatoms. The summed E-state index contributed by atoms with van der Waals surface area (Å²) in [6.45, 7) is 1.81. The number of hydrazone groups is 1. The lowest BCUT2D eigenvalue weighted by atomic mass is 9.88. The Bertz CT molecular complexity index is 872. The molecule has 3 rings (SSSR count). The molecule has 0 aliphatic heterocycles. The molecule has 146 valence electrons. The predicted octanol–water partition coefficient (Wildman–Crippen LogP) is 5.01. The van der Waals surface area contributed by atoms with Crippen molar-refractivity contribution in [2.75, 3.05) is 5.32 Å². The highest BCUT2D eigenvalue weighted by atomic mass is 35.5. The molecule has 0 unspecified atom stereocenters. The fourth-order valence-corrected chi connectivity index (χ4v) is 3.53. The van der Waals surface area contributed by atoms with Crippen LogP contribution in [-0.2, 0) is 4.79 Å². The van der Waals surface area contributed by atoms with E-state index in [0.717, 1.165) is 36.9 Å². The van der Waals surface area contributed by atoms with Crippen LogP contribution in [0.4, 0.5) is 5.69 Å². The van der Waals surface area contributed by atoms with Gasteiger partial charge in [-0.3, -0.25) is 9.59 Å². The Balaban J connectivity index is 1.59. The van der Waals surface area contributed by atoms with Gasteiger partial charge in [0, 0.05) is 11.6 Å².